The topological polar surface area (TPSA) is 71.2 Å². The number of hydrogen-bond acceptors (Lipinski definition) is 4. The summed E-state index contributed by atoms with van der Waals surface area (Å²) in [7, 11) is 0. The molecule has 0 saturated carbocycles. The van der Waals surface area contributed by atoms with E-state index in [1.165, 1.54) is 12.8 Å². The van der Waals surface area contributed by atoms with Crippen LogP contribution in [0.4, 0.5) is 5.82 Å². The zero-order valence-corrected chi connectivity index (χ0v) is 12.1. The lowest BCUT2D eigenvalue weighted by Gasteiger charge is -2.30. The molecule has 2 heterocycles. The number of pyridine rings is 1. The average molecular weight is 276 g/mol. The molecule has 2 rings (SSSR count). The highest BCUT2D eigenvalue weighted by molar-refractivity contribution is 5.92. The van der Waals surface area contributed by atoms with E-state index >= 15 is 0 Å². The van der Waals surface area contributed by atoms with Crippen molar-refractivity contribution in [2.75, 3.05) is 31.1 Å². The highest BCUT2D eigenvalue weighted by Gasteiger charge is 2.17. The van der Waals surface area contributed by atoms with Gasteiger partial charge in [-0.2, -0.15) is 0 Å². The number of carbonyl (C=O) groups excluding carboxylic acids is 1. The number of nitrogens with two attached hydrogens (primary N) is 1. The molecule has 1 fully saturated rings. The van der Waals surface area contributed by atoms with Gasteiger partial charge in [0.15, 0.2) is 0 Å². The fourth-order valence-corrected chi connectivity index (χ4v) is 2.66. The second-order valence-electron chi connectivity index (χ2n) is 5.41. The Kier molecular flexibility index (Phi) is 5.35. The van der Waals surface area contributed by atoms with Crippen LogP contribution in [0, 0.1) is 5.92 Å². The molecule has 1 amide bonds. The van der Waals surface area contributed by atoms with E-state index in [9.17, 15) is 4.79 Å². The summed E-state index contributed by atoms with van der Waals surface area (Å²) >= 11 is 0. The molecule has 0 aliphatic carbocycles. The third kappa shape index (κ3) is 3.93. The number of carbonyl (C=O) groups is 1. The minimum absolute atomic E-state index is 0.426. The van der Waals surface area contributed by atoms with Gasteiger partial charge in [-0.05, 0) is 50.4 Å². The van der Waals surface area contributed by atoms with Gasteiger partial charge in [-0.25, -0.2) is 4.98 Å². The SMILES string of the molecule is CCCN(CC1CCNCC1)c1ccc(C(N)=O)cn1. The van der Waals surface area contributed by atoms with E-state index in [4.69, 9.17) is 5.73 Å². The number of aromatic nitrogens is 1. The van der Waals surface area contributed by atoms with E-state index in [-0.39, 0.29) is 0 Å². The van der Waals surface area contributed by atoms with Gasteiger partial charge in [0.2, 0.25) is 5.91 Å². The van der Waals surface area contributed by atoms with Crippen LogP contribution >= 0.6 is 0 Å². The predicted octanol–water partition coefficient (Wildman–Crippen LogP) is 1.40. The predicted molar refractivity (Wildman–Crippen MR) is 80.9 cm³/mol. The lowest BCUT2D eigenvalue weighted by atomic mass is 9.97. The van der Waals surface area contributed by atoms with Gasteiger partial charge >= 0.3 is 0 Å². The van der Waals surface area contributed by atoms with Gasteiger partial charge in [0.05, 0.1) is 5.56 Å². The molecule has 0 radical (unpaired) electrons. The molecule has 0 atom stereocenters. The molecule has 0 unspecified atom stereocenters. The van der Waals surface area contributed by atoms with E-state index < -0.39 is 5.91 Å². The van der Waals surface area contributed by atoms with Crippen LogP contribution in [0.1, 0.15) is 36.5 Å². The molecule has 1 aliphatic heterocycles. The first-order valence-electron chi connectivity index (χ1n) is 7.42. The normalized spacial score (nSPS) is 16.1. The van der Waals surface area contributed by atoms with E-state index in [0.29, 0.717) is 5.56 Å². The van der Waals surface area contributed by atoms with Gasteiger partial charge in [0.25, 0.3) is 0 Å². The number of piperidine rings is 1. The van der Waals surface area contributed by atoms with Crippen LogP contribution in [-0.4, -0.2) is 37.1 Å². The smallest absolute Gasteiger partial charge is 0.250 e. The number of primary amides is 1. The maximum Gasteiger partial charge on any atom is 0.250 e. The first kappa shape index (κ1) is 14.8. The second-order valence-corrected chi connectivity index (χ2v) is 5.41. The van der Waals surface area contributed by atoms with Gasteiger partial charge in [0.1, 0.15) is 5.82 Å². The Labute approximate surface area is 120 Å². The Morgan fingerprint density at radius 3 is 2.75 bits per heavy atom. The zero-order chi connectivity index (χ0) is 14.4. The lowest BCUT2D eigenvalue weighted by molar-refractivity contribution is 0.1000. The van der Waals surface area contributed by atoms with E-state index in [0.717, 1.165) is 44.3 Å². The molecule has 1 aromatic heterocycles. The number of anilines is 1. The van der Waals surface area contributed by atoms with Crippen LogP contribution in [0.25, 0.3) is 0 Å². The fourth-order valence-electron chi connectivity index (χ4n) is 2.66. The molecule has 5 nitrogen and oxygen atoms in total. The zero-order valence-electron chi connectivity index (χ0n) is 12.1. The van der Waals surface area contributed by atoms with Crippen LogP contribution in [-0.2, 0) is 0 Å². The van der Waals surface area contributed by atoms with Gasteiger partial charge in [-0.15, -0.1) is 0 Å². The molecule has 20 heavy (non-hydrogen) atoms. The molecule has 0 bridgehead atoms. The maximum atomic E-state index is 11.1. The molecular weight excluding hydrogens is 252 g/mol. The Morgan fingerprint density at radius 1 is 1.45 bits per heavy atom. The van der Waals surface area contributed by atoms with Gasteiger partial charge in [0, 0.05) is 19.3 Å². The largest absolute Gasteiger partial charge is 0.366 e. The van der Waals surface area contributed by atoms with Gasteiger partial charge in [-0.1, -0.05) is 6.92 Å². The molecule has 3 N–H and O–H groups in total. The van der Waals surface area contributed by atoms with Gasteiger partial charge in [-0.3, -0.25) is 4.79 Å². The molecule has 1 aromatic rings. The van der Waals surface area contributed by atoms with Crippen LogP contribution in [0.15, 0.2) is 18.3 Å². The fraction of sp³-hybridized carbons (Fsp3) is 0.600. The van der Waals surface area contributed by atoms with Crippen molar-refractivity contribution < 1.29 is 4.79 Å². The van der Waals surface area contributed by atoms with Crippen LogP contribution in [0.2, 0.25) is 0 Å². The minimum atomic E-state index is -0.426. The average Bonchev–Trinajstić information content (AvgIpc) is 2.48. The van der Waals surface area contributed by atoms with E-state index in [2.05, 4.69) is 22.1 Å². The number of amides is 1. The summed E-state index contributed by atoms with van der Waals surface area (Å²) in [6, 6.07) is 3.66. The minimum Gasteiger partial charge on any atom is -0.366 e. The van der Waals surface area contributed by atoms with Crippen molar-refractivity contribution in [3.05, 3.63) is 23.9 Å². The number of nitrogens with one attached hydrogen (secondary N) is 1. The first-order chi connectivity index (χ1) is 9.70. The number of rotatable bonds is 6. The van der Waals surface area contributed by atoms with Crippen LogP contribution < -0.4 is 16.0 Å². The molecule has 5 heteroatoms. The Bertz CT molecular complexity index is 426. The molecular formula is C15H24N4O. The quantitative estimate of drug-likeness (QED) is 0.824. The summed E-state index contributed by atoms with van der Waals surface area (Å²) in [4.78, 5) is 17.8. The van der Waals surface area contributed by atoms with E-state index in [1.54, 1.807) is 12.3 Å². The van der Waals surface area contributed by atoms with Crippen molar-refractivity contribution in [1.29, 1.82) is 0 Å². The molecule has 1 aliphatic rings. The highest BCUT2D eigenvalue weighted by Crippen LogP contribution is 2.18. The molecule has 1 saturated heterocycles. The molecule has 0 spiro atoms. The number of nitrogens with zero attached hydrogens (tertiary/aromatic N) is 2. The third-order valence-corrected chi connectivity index (χ3v) is 3.79. The molecule has 110 valence electrons. The van der Waals surface area contributed by atoms with Crippen molar-refractivity contribution in [3.63, 3.8) is 0 Å². The summed E-state index contributed by atoms with van der Waals surface area (Å²) in [6.07, 6.45) is 5.10. The highest BCUT2D eigenvalue weighted by atomic mass is 16.1. The van der Waals surface area contributed by atoms with Crippen molar-refractivity contribution in [2.24, 2.45) is 11.7 Å². The third-order valence-electron chi connectivity index (χ3n) is 3.79. The van der Waals surface area contributed by atoms with Crippen molar-refractivity contribution in [1.82, 2.24) is 10.3 Å². The lowest BCUT2D eigenvalue weighted by Crippen LogP contribution is -2.37. The second kappa shape index (κ2) is 7.24. The summed E-state index contributed by atoms with van der Waals surface area (Å²) in [5, 5.41) is 3.39. The summed E-state index contributed by atoms with van der Waals surface area (Å²) in [5.41, 5.74) is 5.71. The summed E-state index contributed by atoms with van der Waals surface area (Å²) in [6.45, 7) is 6.43. The standard InChI is InChI=1S/C15H24N4O/c1-2-9-19(11-12-5-7-17-8-6-12)14-4-3-13(10-18-14)15(16)20/h3-4,10,12,17H,2,5-9,11H2,1H3,(H2,16,20). The maximum absolute atomic E-state index is 11.1. The van der Waals surface area contributed by atoms with Crippen molar-refractivity contribution in [2.45, 2.75) is 26.2 Å². The van der Waals surface area contributed by atoms with Crippen molar-refractivity contribution >= 4 is 11.7 Å². The summed E-state index contributed by atoms with van der Waals surface area (Å²) in [5.74, 6) is 1.24. The monoisotopic (exact) mass is 276 g/mol. The molecule has 0 aromatic carbocycles. The van der Waals surface area contributed by atoms with E-state index in [1.807, 2.05) is 6.07 Å². The van der Waals surface area contributed by atoms with Crippen molar-refractivity contribution in [3.8, 4) is 0 Å². The Hall–Kier alpha value is -1.62. The van der Waals surface area contributed by atoms with Crippen LogP contribution in [0.3, 0.4) is 0 Å². The Morgan fingerprint density at radius 2 is 2.20 bits per heavy atom. The number of hydrogen-bond donors (Lipinski definition) is 2. The van der Waals surface area contributed by atoms with Gasteiger partial charge < -0.3 is 16.0 Å². The van der Waals surface area contributed by atoms with Crippen LogP contribution in [0.5, 0.6) is 0 Å². The summed E-state index contributed by atoms with van der Waals surface area (Å²) < 4.78 is 0. The first-order valence-corrected chi connectivity index (χ1v) is 7.42. The Balaban J connectivity index is 2.04.